The summed E-state index contributed by atoms with van der Waals surface area (Å²) in [5, 5.41) is 15.2. The molecule has 0 spiro atoms. The molecular weight excluding hydrogens is 342 g/mol. The summed E-state index contributed by atoms with van der Waals surface area (Å²) < 4.78 is 0. The van der Waals surface area contributed by atoms with E-state index in [4.69, 9.17) is 5.26 Å². The van der Waals surface area contributed by atoms with E-state index in [1.165, 1.54) is 18.4 Å². The van der Waals surface area contributed by atoms with Crippen LogP contribution < -0.4 is 5.32 Å². The van der Waals surface area contributed by atoms with Crippen molar-refractivity contribution in [2.24, 2.45) is 0 Å². The molecule has 1 N–H and O–H groups in total. The van der Waals surface area contributed by atoms with Crippen molar-refractivity contribution >= 4 is 34.9 Å². The van der Waals surface area contributed by atoms with Crippen molar-refractivity contribution in [2.45, 2.75) is 11.8 Å². The van der Waals surface area contributed by atoms with Crippen LogP contribution in [0.1, 0.15) is 15.9 Å². The Hall–Kier alpha value is -2.30. The number of benzene rings is 1. The van der Waals surface area contributed by atoms with Crippen LogP contribution in [0.5, 0.6) is 0 Å². The van der Waals surface area contributed by atoms with Gasteiger partial charge in [-0.05, 0) is 17.0 Å². The van der Waals surface area contributed by atoms with E-state index in [9.17, 15) is 9.59 Å². The van der Waals surface area contributed by atoms with E-state index in [2.05, 4.69) is 5.32 Å². The topological polar surface area (TPSA) is 73.2 Å². The number of carbonyl (C=O) groups excluding carboxylic acids is 2. The zero-order chi connectivity index (χ0) is 17.4. The van der Waals surface area contributed by atoms with Crippen LogP contribution in [0.15, 0.2) is 47.2 Å². The molecule has 2 rings (SSSR count). The molecule has 0 unspecified atom stereocenters. The fourth-order valence-corrected chi connectivity index (χ4v) is 3.61. The van der Waals surface area contributed by atoms with E-state index in [-0.39, 0.29) is 5.91 Å². The monoisotopic (exact) mass is 359 g/mol. The average molecular weight is 359 g/mol. The molecule has 0 fully saturated rings. The van der Waals surface area contributed by atoms with Gasteiger partial charge in [0.1, 0.15) is 6.04 Å². The predicted molar refractivity (Wildman–Crippen MR) is 96.6 cm³/mol. The van der Waals surface area contributed by atoms with Gasteiger partial charge in [-0.25, -0.2) is 0 Å². The predicted octanol–water partition coefficient (Wildman–Crippen LogP) is 2.72. The highest BCUT2D eigenvalue weighted by Gasteiger charge is 2.24. The second kappa shape index (κ2) is 9.11. The molecule has 0 aliphatic rings. The van der Waals surface area contributed by atoms with Crippen LogP contribution in [0, 0.1) is 11.5 Å². The van der Waals surface area contributed by atoms with E-state index in [0.717, 1.165) is 16.2 Å². The Labute approximate surface area is 149 Å². The standard InChI is InChI=1S/C17H17N3O2S2/c1-20(12-18)17(22)15(19-16(21)14-7-8-23-10-14)11-24-9-13-5-3-2-4-6-13/h2-8,10,15H,9,11H2,1H3,(H,19,21)/t15-/m0/s1. The van der Waals surface area contributed by atoms with E-state index >= 15 is 0 Å². The minimum Gasteiger partial charge on any atom is -0.339 e. The summed E-state index contributed by atoms with van der Waals surface area (Å²) in [6, 6.07) is 10.8. The summed E-state index contributed by atoms with van der Waals surface area (Å²) in [6.07, 6.45) is 1.79. The normalized spacial score (nSPS) is 11.3. The molecule has 0 bridgehead atoms. The maximum atomic E-state index is 12.3. The molecule has 7 heteroatoms. The Morgan fingerprint density at radius 2 is 2.08 bits per heavy atom. The lowest BCUT2D eigenvalue weighted by Crippen LogP contribution is -2.47. The molecule has 1 heterocycles. The van der Waals surface area contributed by atoms with E-state index in [1.54, 1.807) is 34.8 Å². The van der Waals surface area contributed by atoms with Gasteiger partial charge >= 0.3 is 0 Å². The van der Waals surface area contributed by atoms with Crippen molar-refractivity contribution < 1.29 is 9.59 Å². The maximum absolute atomic E-state index is 12.3. The third-order valence-electron chi connectivity index (χ3n) is 3.26. The Bertz CT molecular complexity index is 711. The van der Waals surface area contributed by atoms with Gasteiger partial charge in [0.25, 0.3) is 11.8 Å². The van der Waals surface area contributed by atoms with Crippen molar-refractivity contribution in [3.05, 3.63) is 58.3 Å². The number of hydrogen-bond donors (Lipinski definition) is 1. The minimum absolute atomic E-state index is 0.304. The van der Waals surface area contributed by atoms with E-state index < -0.39 is 11.9 Å². The molecule has 0 saturated heterocycles. The second-order valence-corrected chi connectivity index (χ2v) is 6.85. The Morgan fingerprint density at radius 1 is 1.33 bits per heavy atom. The highest BCUT2D eigenvalue weighted by molar-refractivity contribution is 7.98. The lowest BCUT2D eigenvalue weighted by atomic mass is 10.2. The lowest BCUT2D eigenvalue weighted by molar-refractivity contribution is -0.128. The molecule has 0 radical (unpaired) electrons. The van der Waals surface area contributed by atoms with Crippen LogP contribution in [-0.4, -0.2) is 35.6 Å². The second-order valence-electron chi connectivity index (χ2n) is 5.04. The largest absolute Gasteiger partial charge is 0.339 e. The van der Waals surface area contributed by atoms with Gasteiger partial charge in [0.15, 0.2) is 6.19 Å². The minimum atomic E-state index is -0.740. The Balaban J connectivity index is 1.98. The molecule has 1 aromatic carbocycles. The molecule has 0 saturated carbocycles. The summed E-state index contributed by atoms with van der Waals surface area (Å²) in [6.45, 7) is 0. The van der Waals surface area contributed by atoms with Crippen LogP contribution in [-0.2, 0) is 10.5 Å². The fraction of sp³-hybridized carbons (Fsp3) is 0.235. The van der Waals surface area contributed by atoms with Gasteiger partial charge in [-0.2, -0.15) is 28.4 Å². The molecule has 1 aromatic heterocycles. The number of likely N-dealkylation sites (N-methyl/N-ethyl adjacent to an activating group) is 1. The smallest absolute Gasteiger partial charge is 0.258 e. The van der Waals surface area contributed by atoms with Crippen molar-refractivity contribution in [1.82, 2.24) is 10.2 Å². The highest BCUT2D eigenvalue weighted by atomic mass is 32.2. The number of rotatable bonds is 7. The number of carbonyl (C=O) groups is 2. The first-order chi connectivity index (χ1) is 11.6. The summed E-state index contributed by atoms with van der Waals surface area (Å²) in [7, 11) is 1.40. The number of nitriles is 1. The Morgan fingerprint density at radius 3 is 2.71 bits per heavy atom. The van der Waals surface area contributed by atoms with Crippen LogP contribution in [0.4, 0.5) is 0 Å². The SMILES string of the molecule is CN(C#N)C(=O)[C@H](CSCc1ccccc1)NC(=O)c1ccsc1. The van der Waals surface area contributed by atoms with Gasteiger partial charge in [-0.3, -0.25) is 14.5 Å². The number of nitrogens with one attached hydrogen (secondary N) is 1. The Kier molecular flexibility index (Phi) is 6.85. The summed E-state index contributed by atoms with van der Waals surface area (Å²) in [4.78, 5) is 25.4. The molecule has 124 valence electrons. The summed E-state index contributed by atoms with van der Waals surface area (Å²) in [5.41, 5.74) is 1.66. The highest BCUT2D eigenvalue weighted by Crippen LogP contribution is 2.14. The van der Waals surface area contributed by atoms with Crippen LogP contribution in [0.2, 0.25) is 0 Å². The summed E-state index contributed by atoms with van der Waals surface area (Å²) in [5.74, 6) is 0.410. The van der Waals surface area contributed by atoms with Crippen molar-refractivity contribution in [2.75, 3.05) is 12.8 Å². The number of thioether (sulfide) groups is 1. The zero-order valence-corrected chi connectivity index (χ0v) is 14.8. The lowest BCUT2D eigenvalue weighted by Gasteiger charge is -2.19. The van der Waals surface area contributed by atoms with Gasteiger partial charge in [0, 0.05) is 23.9 Å². The molecule has 24 heavy (non-hydrogen) atoms. The van der Waals surface area contributed by atoms with Crippen LogP contribution >= 0.6 is 23.1 Å². The van der Waals surface area contributed by atoms with Gasteiger partial charge in [0.2, 0.25) is 0 Å². The molecule has 0 aliphatic carbocycles. The number of thiophene rings is 1. The van der Waals surface area contributed by atoms with Crippen LogP contribution in [0.3, 0.4) is 0 Å². The number of nitrogens with zero attached hydrogens (tertiary/aromatic N) is 2. The van der Waals surface area contributed by atoms with Crippen molar-refractivity contribution in [1.29, 1.82) is 5.26 Å². The first-order valence-electron chi connectivity index (χ1n) is 7.24. The molecule has 5 nitrogen and oxygen atoms in total. The third-order valence-corrected chi connectivity index (χ3v) is 5.05. The van der Waals surface area contributed by atoms with E-state index in [1.807, 2.05) is 30.3 Å². The van der Waals surface area contributed by atoms with E-state index in [0.29, 0.717) is 11.3 Å². The quantitative estimate of drug-likeness (QED) is 0.609. The fourth-order valence-electron chi connectivity index (χ4n) is 1.96. The molecular formula is C17H17N3O2S2. The van der Waals surface area contributed by atoms with Crippen LogP contribution in [0.25, 0.3) is 0 Å². The van der Waals surface area contributed by atoms with Gasteiger partial charge in [0.05, 0.1) is 5.56 Å². The summed E-state index contributed by atoms with van der Waals surface area (Å²) >= 11 is 2.96. The molecule has 1 atom stereocenters. The maximum Gasteiger partial charge on any atom is 0.258 e. The van der Waals surface area contributed by atoms with Gasteiger partial charge in [-0.1, -0.05) is 30.3 Å². The first kappa shape index (κ1) is 18.0. The average Bonchev–Trinajstić information content (AvgIpc) is 3.15. The number of hydrogen-bond acceptors (Lipinski definition) is 5. The molecule has 2 aromatic rings. The van der Waals surface area contributed by atoms with Crippen molar-refractivity contribution in [3.63, 3.8) is 0 Å². The molecule has 2 amide bonds. The number of amides is 2. The first-order valence-corrected chi connectivity index (χ1v) is 9.33. The van der Waals surface area contributed by atoms with Gasteiger partial charge in [-0.15, -0.1) is 0 Å². The third kappa shape index (κ3) is 5.11. The van der Waals surface area contributed by atoms with Gasteiger partial charge < -0.3 is 5.32 Å². The van der Waals surface area contributed by atoms with Crippen molar-refractivity contribution in [3.8, 4) is 6.19 Å². The molecule has 0 aliphatic heterocycles. The zero-order valence-electron chi connectivity index (χ0n) is 13.1.